The molecular formula is C3H7BrO3. The van der Waals surface area contributed by atoms with Gasteiger partial charge in [-0.05, 0) is 6.92 Å². The van der Waals surface area contributed by atoms with Crippen molar-refractivity contribution in [3.05, 3.63) is 0 Å². The minimum atomic E-state index is -1.21. The van der Waals surface area contributed by atoms with Crippen LogP contribution < -0.4 is 0 Å². The molecule has 0 aromatic carbocycles. The molecule has 0 saturated heterocycles. The maximum Gasteiger partial charge on any atom is 0.505 e. The van der Waals surface area contributed by atoms with Gasteiger partial charge in [0.15, 0.2) is 0 Å². The van der Waals surface area contributed by atoms with Crippen LogP contribution in [0.3, 0.4) is 0 Å². The lowest BCUT2D eigenvalue weighted by Gasteiger charge is -1.87. The molecule has 1 N–H and O–H groups in total. The average molecular weight is 171 g/mol. The van der Waals surface area contributed by atoms with Crippen molar-refractivity contribution in [3.8, 4) is 0 Å². The van der Waals surface area contributed by atoms with Gasteiger partial charge in [-0.2, -0.15) is 0 Å². The standard InChI is InChI=1S/C3H6O3.BrH/c1-2-6-3(4)5;/h2H2,1H3,(H,4,5);1H. The van der Waals surface area contributed by atoms with Crippen LogP contribution in [0.1, 0.15) is 6.92 Å². The second-order valence-corrected chi connectivity index (χ2v) is 0.699. The van der Waals surface area contributed by atoms with E-state index in [1.165, 1.54) is 0 Å². The SMILES string of the molecule is Br.CCOC(=O)O. The Bertz CT molecular complexity index is 54.1. The van der Waals surface area contributed by atoms with E-state index in [0.717, 1.165) is 0 Å². The third kappa shape index (κ3) is 10.7. The summed E-state index contributed by atoms with van der Waals surface area (Å²) in [6.07, 6.45) is -1.21. The predicted molar refractivity (Wildman–Crippen MR) is 30.0 cm³/mol. The van der Waals surface area contributed by atoms with Gasteiger partial charge >= 0.3 is 6.16 Å². The molecule has 0 atom stereocenters. The smallest absolute Gasteiger partial charge is 0.450 e. The lowest BCUT2D eigenvalue weighted by Crippen LogP contribution is -1.97. The van der Waals surface area contributed by atoms with Crippen LogP contribution in [-0.2, 0) is 4.74 Å². The first-order valence-electron chi connectivity index (χ1n) is 1.63. The molecule has 0 amide bonds. The van der Waals surface area contributed by atoms with Gasteiger partial charge in [0.2, 0.25) is 0 Å². The van der Waals surface area contributed by atoms with Crippen molar-refractivity contribution < 1.29 is 14.6 Å². The fraction of sp³-hybridized carbons (Fsp3) is 0.667. The summed E-state index contributed by atoms with van der Waals surface area (Å²) in [5.41, 5.74) is 0. The summed E-state index contributed by atoms with van der Waals surface area (Å²) in [5, 5.41) is 7.69. The van der Waals surface area contributed by atoms with Crippen LogP contribution in [0.5, 0.6) is 0 Å². The molecule has 0 bridgehead atoms. The average Bonchev–Trinajstić information content (AvgIpc) is 1.35. The highest BCUT2D eigenvalue weighted by Crippen LogP contribution is 1.69. The highest BCUT2D eigenvalue weighted by molar-refractivity contribution is 8.93. The highest BCUT2D eigenvalue weighted by atomic mass is 79.9. The second-order valence-electron chi connectivity index (χ2n) is 0.699. The van der Waals surface area contributed by atoms with E-state index in [2.05, 4.69) is 4.74 Å². The number of rotatable bonds is 1. The van der Waals surface area contributed by atoms with Crippen molar-refractivity contribution in [2.75, 3.05) is 6.61 Å². The van der Waals surface area contributed by atoms with Gasteiger partial charge in [-0.1, -0.05) is 0 Å². The summed E-state index contributed by atoms with van der Waals surface area (Å²) in [5.74, 6) is 0. The Morgan fingerprint density at radius 1 is 1.86 bits per heavy atom. The lowest BCUT2D eigenvalue weighted by molar-refractivity contribution is 0.0966. The third-order valence-corrected chi connectivity index (χ3v) is 0.268. The summed E-state index contributed by atoms with van der Waals surface area (Å²) in [4.78, 5) is 9.38. The number of ether oxygens (including phenoxy) is 1. The molecule has 0 heterocycles. The highest BCUT2D eigenvalue weighted by Gasteiger charge is 1.86. The zero-order valence-electron chi connectivity index (χ0n) is 3.88. The first-order chi connectivity index (χ1) is 2.77. The molecule has 0 saturated carbocycles. The molecular weight excluding hydrogens is 164 g/mol. The molecule has 0 aliphatic rings. The van der Waals surface area contributed by atoms with E-state index < -0.39 is 6.16 Å². The second kappa shape index (κ2) is 5.75. The summed E-state index contributed by atoms with van der Waals surface area (Å²) in [7, 11) is 0. The van der Waals surface area contributed by atoms with Gasteiger partial charge < -0.3 is 9.84 Å². The zero-order chi connectivity index (χ0) is 4.99. The van der Waals surface area contributed by atoms with Gasteiger partial charge in [0.1, 0.15) is 0 Å². The summed E-state index contributed by atoms with van der Waals surface area (Å²) >= 11 is 0. The Hall–Kier alpha value is -0.250. The maximum atomic E-state index is 9.38. The van der Waals surface area contributed by atoms with E-state index in [9.17, 15) is 4.79 Å². The molecule has 7 heavy (non-hydrogen) atoms. The predicted octanol–water partition coefficient (Wildman–Crippen LogP) is 1.28. The van der Waals surface area contributed by atoms with Crippen LogP contribution in [0, 0.1) is 0 Å². The molecule has 3 nitrogen and oxygen atoms in total. The van der Waals surface area contributed by atoms with Crippen molar-refractivity contribution in [3.63, 3.8) is 0 Å². The minimum Gasteiger partial charge on any atom is -0.450 e. The molecule has 0 aliphatic carbocycles. The van der Waals surface area contributed by atoms with Gasteiger partial charge in [0.05, 0.1) is 6.61 Å². The van der Waals surface area contributed by atoms with Crippen molar-refractivity contribution >= 4 is 23.1 Å². The van der Waals surface area contributed by atoms with E-state index in [1.807, 2.05) is 0 Å². The van der Waals surface area contributed by atoms with Crippen molar-refractivity contribution in [1.29, 1.82) is 0 Å². The largest absolute Gasteiger partial charge is 0.505 e. The van der Waals surface area contributed by atoms with Crippen molar-refractivity contribution in [1.82, 2.24) is 0 Å². The first-order valence-corrected chi connectivity index (χ1v) is 1.63. The Labute approximate surface area is 52.1 Å². The van der Waals surface area contributed by atoms with Crippen LogP contribution in [0.25, 0.3) is 0 Å². The third-order valence-electron chi connectivity index (χ3n) is 0.268. The van der Waals surface area contributed by atoms with Gasteiger partial charge in [0.25, 0.3) is 0 Å². The Kier molecular flexibility index (Phi) is 8.12. The monoisotopic (exact) mass is 170 g/mol. The number of hydrogen-bond donors (Lipinski definition) is 1. The molecule has 44 valence electrons. The number of carboxylic acid groups (broad SMARTS) is 1. The van der Waals surface area contributed by atoms with Gasteiger partial charge in [-0.25, -0.2) is 4.79 Å². The van der Waals surface area contributed by atoms with Gasteiger partial charge in [-0.15, -0.1) is 17.0 Å². The fourth-order valence-electron chi connectivity index (χ4n) is 0.123. The Morgan fingerprint density at radius 3 is 2.29 bits per heavy atom. The normalized spacial score (nSPS) is 6.43. The summed E-state index contributed by atoms with van der Waals surface area (Å²) in [6.45, 7) is 1.85. The molecule has 0 rings (SSSR count). The van der Waals surface area contributed by atoms with Gasteiger partial charge in [-0.3, -0.25) is 0 Å². The summed E-state index contributed by atoms with van der Waals surface area (Å²) in [6, 6.07) is 0. The zero-order valence-corrected chi connectivity index (χ0v) is 5.59. The van der Waals surface area contributed by atoms with Crippen LogP contribution in [-0.4, -0.2) is 17.9 Å². The van der Waals surface area contributed by atoms with Gasteiger partial charge in [0, 0.05) is 0 Å². The first kappa shape index (κ1) is 9.89. The number of hydrogen-bond acceptors (Lipinski definition) is 2. The van der Waals surface area contributed by atoms with E-state index in [0.29, 0.717) is 0 Å². The Balaban J connectivity index is 0. The number of halogens is 1. The molecule has 0 fully saturated rings. The van der Waals surface area contributed by atoms with E-state index >= 15 is 0 Å². The van der Waals surface area contributed by atoms with Crippen molar-refractivity contribution in [2.24, 2.45) is 0 Å². The Morgan fingerprint density at radius 2 is 2.29 bits per heavy atom. The van der Waals surface area contributed by atoms with E-state index in [-0.39, 0.29) is 23.6 Å². The molecule has 0 unspecified atom stereocenters. The van der Waals surface area contributed by atoms with Crippen LogP contribution in [0.4, 0.5) is 4.79 Å². The van der Waals surface area contributed by atoms with Crippen LogP contribution in [0.2, 0.25) is 0 Å². The molecule has 0 spiro atoms. The lowest BCUT2D eigenvalue weighted by atomic mass is 10.9. The van der Waals surface area contributed by atoms with E-state index in [1.54, 1.807) is 6.92 Å². The number of carbonyl (C=O) groups is 1. The van der Waals surface area contributed by atoms with E-state index in [4.69, 9.17) is 5.11 Å². The summed E-state index contributed by atoms with van der Waals surface area (Å²) < 4.78 is 3.96. The molecule has 0 aromatic heterocycles. The molecule has 0 aromatic rings. The molecule has 0 aliphatic heterocycles. The minimum absolute atomic E-state index is 0. The van der Waals surface area contributed by atoms with Crippen LogP contribution in [0.15, 0.2) is 0 Å². The van der Waals surface area contributed by atoms with Crippen molar-refractivity contribution in [2.45, 2.75) is 6.92 Å². The van der Waals surface area contributed by atoms with Crippen LogP contribution >= 0.6 is 17.0 Å². The quantitative estimate of drug-likeness (QED) is 0.604. The maximum absolute atomic E-state index is 9.38. The molecule has 4 heteroatoms. The molecule has 0 radical (unpaired) electrons. The topological polar surface area (TPSA) is 46.5 Å². The fourth-order valence-corrected chi connectivity index (χ4v) is 0.123.